The van der Waals surface area contributed by atoms with E-state index in [4.69, 9.17) is 0 Å². The Morgan fingerprint density at radius 3 is 2.85 bits per heavy atom. The molecule has 0 radical (unpaired) electrons. The highest BCUT2D eigenvalue weighted by atomic mass is 16.5. The molecule has 3 rings (SSSR count). The van der Waals surface area contributed by atoms with E-state index in [-0.39, 0.29) is 23.2 Å². The third-order valence-corrected chi connectivity index (χ3v) is 4.44. The Labute approximate surface area is 148 Å². The van der Waals surface area contributed by atoms with Crippen LogP contribution in [0.2, 0.25) is 0 Å². The fraction of sp³-hybridized carbons (Fsp3) is 0.438. The van der Waals surface area contributed by atoms with E-state index in [2.05, 4.69) is 20.0 Å². The van der Waals surface area contributed by atoms with Gasteiger partial charge in [0.25, 0.3) is 11.5 Å². The van der Waals surface area contributed by atoms with Crippen molar-refractivity contribution in [3.8, 4) is 5.75 Å². The van der Waals surface area contributed by atoms with Crippen molar-refractivity contribution < 1.29 is 19.2 Å². The molecule has 10 heteroatoms. The Morgan fingerprint density at radius 1 is 1.42 bits per heavy atom. The number of carbonyl (C=O) groups is 2. The minimum absolute atomic E-state index is 0.0519. The first-order valence-corrected chi connectivity index (χ1v) is 8.14. The molecule has 10 nitrogen and oxygen atoms in total. The first kappa shape index (κ1) is 17.6. The summed E-state index contributed by atoms with van der Waals surface area (Å²) >= 11 is 0. The molecule has 0 saturated carbocycles. The summed E-state index contributed by atoms with van der Waals surface area (Å²) in [4.78, 5) is 42.3. The minimum Gasteiger partial charge on any atom is -0.501 e. The maximum Gasteiger partial charge on any atom is 0.296 e. The minimum atomic E-state index is -0.746. The third kappa shape index (κ3) is 3.30. The average molecular weight is 361 g/mol. The van der Waals surface area contributed by atoms with Gasteiger partial charge in [-0.1, -0.05) is 5.16 Å². The van der Waals surface area contributed by atoms with Crippen molar-refractivity contribution in [2.24, 2.45) is 7.05 Å². The average Bonchev–Trinajstić information content (AvgIpc) is 3.13. The molecule has 0 aliphatic carbocycles. The van der Waals surface area contributed by atoms with Gasteiger partial charge in [-0.15, -0.1) is 0 Å². The van der Waals surface area contributed by atoms with Crippen molar-refractivity contribution in [1.82, 2.24) is 19.6 Å². The Hall–Kier alpha value is -3.17. The van der Waals surface area contributed by atoms with Gasteiger partial charge in [-0.3, -0.25) is 19.0 Å². The van der Waals surface area contributed by atoms with E-state index in [1.54, 1.807) is 4.90 Å². The van der Waals surface area contributed by atoms with Crippen molar-refractivity contribution >= 4 is 17.5 Å². The lowest BCUT2D eigenvalue weighted by Crippen LogP contribution is -2.40. The van der Waals surface area contributed by atoms with Crippen LogP contribution in [0.15, 0.2) is 21.8 Å². The quantitative estimate of drug-likeness (QED) is 0.811. The first-order chi connectivity index (χ1) is 12.4. The number of aromatic hydroxyl groups is 1. The van der Waals surface area contributed by atoms with E-state index in [9.17, 15) is 19.5 Å². The lowest BCUT2D eigenvalue weighted by atomic mass is 9.96. The number of aromatic nitrogens is 3. The van der Waals surface area contributed by atoms with Gasteiger partial charge in [0.05, 0.1) is 6.20 Å². The second-order valence-corrected chi connectivity index (χ2v) is 6.20. The van der Waals surface area contributed by atoms with Gasteiger partial charge in [0.1, 0.15) is 17.8 Å². The van der Waals surface area contributed by atoms with E-state index < -0.39 is 17.2 Å². The number of nitrogens with zero attached hydrogens (tertiary/aromatic N) is 4. The fourth-order valence-electron chi connectivity index (χ4n) is 3.06. The zero-order valence-electron chi connectivity index (χ0n) is 14.4. The molecular formula is C16H19N5O5. The van der Waals surface area contributed by atoms with Crippen LogP contribution in [-0.4, -0.2) is 49.6 Å². The summed E-state index contributed by atoms with van der Waals surface area (Å²) in [6.07, 6.45) is 3.98. The Bertz CT molecular complexity index is 889. The molecule has 0 bridgehead atoms. The van der Waals surface area contributed by atoms with Crippen molar-refractivity contribution in [3.63, 3.8) is 0 Å². The van der Waals surface area contributed by atoms with Crippen LogP contribution in [0.1, 0.15) is 42.0 Å². The molecule has 138 valence electrons. The lowest BCUT2D eigenvalue weighted by Gasteiger charge is -2.32. The molecule has 1 atom stereocenters. The molecule has 1 aliphatic rings. The van der Waals surface area contributed by atoms with Crippen molar-refractivity contribution in [3.05, 3.63) is 34.3 Å². The van der Waals surface area contributed by atoms with Gasteiger partial charge in [0, 0.05) is 33.0 Å². The summed E-state index contributed by atoms with van der Waals surface area (Å²) in [5.41, 5.74) is -0.812. The topological polar surface area (TPSA) is 131 Å². The van der Waals surface area contributed by atoms with E-state index in [1.807, 2.05) is 0 Å². The van der Waals surface area contributed by atoms with Crippen LogP contribution in [0.5, 0.6) is 5.75 Å². The zero-order chi connectivity index (χ0) is 18.8. The van der Waals surface area contributed by atoms with Crippen molar-refractivity contribution in [2.45, 2.75) is 25.7 Å². The molecule has 1 saturated heterocycles. The van der Waals surface area contributed by atoms with E-state index in [1.165, 1.54) is 31.0 Å². The van der Waals surface area contributed by atoms with Crippen molar-refractivity contribution in [1.29, 1.82) is 0 Å². The van der Waals surface area contributed by atoms with Gasteiger partial charge in [-0.25, -0.2) is 4.98 Å². The molecule has 0 spiro atoms. The molecule has 1 unspecified atom stereocenters. The Kier molecular flexibility index (Phi) is 4.74. The summed E-state index contributed by atoms with van der Waals surface area (Å²) in [7, 11) is 1.48. The summed E-state index contributed by atoms with van der Waals surface area (Å²) in [5.74, 6) is -1.38. The van der Waals surface area contributed by atoms with Gasteiger partial charge in [0.15, 0.2) is 5.69 Å². The van der Waals surface area contributed by atoms with Crippen LogP contribution in [0.25, 0.3) is 0 Å². The smallest absolute Gasteiger partial charge is 0.296 e. The number of nitrogens with one attached hydrogen (secondary N) is 1. The highest BCUT2D eigenvalue weighted by molar-refractivity contribution is 6.04. The summed E-state index contributed by atoms with van der Waals surface area (Å²) in [5, 5.41) is 16.0. The molecule has 2 aromatic rings. The molecule has 1 fully saturated rings. The van der Waals surface area contributed by atoms with Crippen LogP contribution < -0.4 is 10.9 Å². The van der Waals surface area contributed by atoms with Gasteiger partial charge >= 0.3 is 0 Å². The number of piperidine rings is 1. The zero-order valence-corrected chi connectivity index (χ0v) is 14.4. The number of carbonyl (C=O) groups excluding carboxylic acids is 2. The maximum absolute atomic E-state index is 12.4. The van der Waals surface area contributed by atoms with Crippen LogP contribution in [0, 0.1) is 0 Å². The Balaban J connectivity index is 1.96. The Morgan fingerprint density at radius 2 is 2.19 bits per heavy atom. The first-order valence-electron chi connectivity index (χ1n) is 8.14. The standard InChI is InChI=1S/C16H19N5O5/c1-9(22)21-5-3-4-10(7-21)14-19-12(13(23)16(25)20(14)2)15(24)18-11-6-17-26-8-11/h6,8,10,23H,3-5,7H2,1-2H3,(H,18,24). The second kappa shape index (κ2) is 6.98. The number of hydrogen-bond donors (Lipinski definition) is 2. The molecule has 3 heterocycles. The van der Waals surface area contributed by atoms with Gasteiger partial charge < -0.3 is 19.8 Å². The van der Waals surface area contributed by atoms with E-state index in [0.29, 0.717) is 18.9 Å². The predicted octanol–water partition coefficient (Wildman–Crippen LogP) is 0.452. The van der Waals surface area contributed by atoms with Crippen molar-refractivity contribution in [2.75, 3.05) is 18.4 Å². The summed E-state index contributed by atoms with van der Waals surface area (Å²) in [6.45, 7) is 2.55. The van der Waals surface area contributed by atoms with Crippen LogP contribution >= 0.6 is 0 Å². The fourth-order valence-corrected chi connectivity index (χ4v) is 3.06. The number of likely N-dealkylation sites (tertiary alicyclic amines) is 1. The normalized spacial score (nSPS) is 17.2. The van der Waals surface area contributed by atoms with Gasteiger partial charge in [-0.05, 0) is 12.8 Å². The molecule has 2 aromatic heterocycles. The lowest BCUT2D eigenvalue weighted by molar-refractivity contribution is -0.130. The predicted molar refractivity (Wildman–Crippen MR) is 89.8 cm³/mol. The highest BCUT2D eigenvalue weighted by Crippen LogP contribution is 2.26. The monoisotopic (exact) mass is 361 g/mol. The number of rotatable bonds is 3. The highest BCUT2D eigenvalue weighted by Gasteiger charge is 2.29. The summed E-state index contributed by atoms with van der Waals surface area (Å²) < 4.78 is 5.85. The molecule has 0 aromatic carbocycles. The summed E-state index contributed by atoms with van der Waals surface area (Å²) in [6, 6.07) is 0. The number of anilines is 1. The molecule has 1 aliphatic heterocycles. The van der Waals surface area contributed by atoms with Gasteiger partial charge in [-0.2, -0.15) is 0 Å². The maximum atomic E-state index is 12.4. The van der Waals surface area contributed by atoms with Crippen LogP contribution in [0.4, 0.5) is 5.69 Å². The second-order valence-electron chi connectivity index (χ2n) is 6.20. The van der Waals surface area contributed by atoms with Crippen LogP contribution in [-0.2, 0) is 11.8 Å². The molecule has 26 heavy (non-hydrogen) atoms. The molecule has 2 amide bonds. The SMILES string of the molecule is CC(=O)N1CCCC(c2nc(C(=O)Nc3cnoc3)c(O)c(=O)n2C)C1. The van der Waals surface area contributed by atoms with Gasteiger partial charge in [0.2, 0.25) is 11.7 Å². The van der Waals surface area contributed by atoms with E-state index in [0.717, 1.165) is 12.8 Å². The number of amides is 2. The van der Waals surface area contributed by atoms with Crippen LogP contribution in [0.3, 0.4) is 0 Å². The third-order valence-electron chi connectivity index (χ3n) is 4.44. The molecule has 2 N–H and O–H groups in total. The molecular weight excluding hydrogens is 342 g/mol. The largest absolute Gasteiger partial charge is 0.501 e. The van der Waals surface area contributed by atoms with E-state index >= 15 is 0 Å². The number of hydrogen-bond acceptors (Lipinski definition) is 7.